The Morgan fingerprint density at radius 2 is 1.87 bits per heavy atom. The number of ether oxygens (including phenoxy) is 4. The van der Waals surface area contributed by atoms with Crippen LogP contribution in [0.25, 0.3) is 0 Å². The van der Waals surface area contributed by atoms with Gasteiger partial charge in [0.05, 0.1) is 19.0 Å². The first kappa shape index (κ1) is 16.2. The predicted molar refractivity (Wildman–Crippen MR) is 88.6 cm³/mol. The maximum absolute atomic E-state index is 5.57. The second-order valence-corrected chi connectivity index (χ2v) is 6.17. The van der Waals surface area contributed by atoms with Crippen LogP contribution in [0.5, 0.6) is 11.5 Å². The zero-order chi connectivity index (χ0) is 15.7. The summed E-state index contributed by atoms with van der Waals surface area (Å²) >= 11 is 0. The van der Waals surface area contributed by atoms with Crippen LogP contribution in [0.1, 0.15) is 50.5 Å². The van der Waals surface area contributed by atoms with Gasteiger partial charge in [-0.25, -0.2) is 0 Å². The van der Waals surface area contributed by atoms with Crippen molar-refractivity contribution in [2.75, 3.05) is 13.4 Å². The van der Waals surface area contributed by atoms with E-state index >= 15 is 0 Å². The molecular formula is C19H26O4. The molecule has 0 spiro atoms. The van der Waals surface area contributed by atoms with Crippen LogP contribution >= 0.6 is 0 Å². The molecule has 2 aliphatic rings. The van der Waals surface area contributed by atoms with Crippen LogP contribution < -0.4 is 9.47 Å². The number of allylic oxidation sites excluding steroid dienone is 1. The lowest BCUT2D eigenvalue weighted by molar-refractivity contribution is 0.173. The third-order valence-corrected chi connectivity index (χ3v) is 4.18. The van der Waals surface area contributed by atoms with Gasteiger partial charge in [-0.3, -0.25) is 0 Å². The number of benzene rings is 1. The minimum absolute atomic E-state index is 0.313. The fraction of sp³-hybridized carbons (Fsp3) is 0.579. The number of epoxide rings is 1. The van der Waals surface area contributed by atoms with Gasteiger partial charge in [-0.2, -0.15) is 0 Å². The maximum atomic E-state index is 5.57. The molecular weight excluding hydrogens is 292 g/mol. The van der Waals surface area contributed by atoms with E-state index in [1.165, 1.54) is 38.5 Å². The SMILES string of the molecule is C(=COCc1ccc2c(c1)OCO2)CCCCCCCC1CO1. The van der Waals surface area contributed by atoms with E-state index < -0.39 is 0 Å². The number of hydrogen-bond donors (Lipinski definition) is 0. The Kier molecular flexibility index (Phi) is 6.21. The zero-order valence-corrected chi connectivity index (χ0v) is 13.7. The maximum Gasteiger partial charge on any atom is 0.231 e. The number of rotatable bonds is 11. The van der Waals surface area contributed by atoms with Crippen LogP contribution in [0.2, 0.25) is 0 Å². The van der Waals surface area contributed by atoms with Crippen LogP contribution in [0, 0.1) is 0 Å². The molecule has 4 heteroatoms. The molecule has 1 saturated heterocycles. The quantitative estimate of drug-likeness (QED) is 0.340. The van der Waals surface area contributed by atoms with E-state index in [1.807, 2.05) is 24.5 Å². The summed E-state index contributed by atoms with van der Waals surface area (Å²) in [6, 6.07) is 5.91. The minimum Gasteiger partial charge on any atom is -0.497 e. The Balaban J connectivity index is 1.18. The molecule has 3 rings (SSSR count). The smallest absolute Gasteiger partial charge is 0.231 e. The van der Waals surface area contributed by atoms with E-state index in [9.17, 15) is 0 Å². The summed E-state index contributed by atoms with van der Waals surface area (Å²) in [7, 11) is 0. The Morgan fingerprint density at radius 1 is 1.04 bits per heavy atom. The highest BCUT2D eigenvalue weighted by atomic mass is 16.7. The molecule has 0 N–H and O–H groups in total. The van der Waals surface area contributed by atoms with Crippen molar-refractivity contribution in [2.45, 2.75) is 57.7 Å². The van der Waals surface area contributed by atoms with Crippen molar-refractivity contribution >= 4 is 0 Å². The molecule has 0 aliphatic carbocycles. The average molecular weight is 318 g/mol. The van der Waals surface area contributed by atoms with Crippen LogP contribution in [0.15, 0.2) is 30.5 Å². The molecule has 2 heterocycles. The zero-order valence-electron chi connectivity index (χ0n) is 13.7. The Morgan fingerprint density at radius 3 is 2.78 bits per heavy atom. The fourth-order valence-electron chi connectivity index (χ4n) is 2.71. The number of unbranched alkanes of at least 4 members (excludes halogenated alkanes) is 5. The largest absolute Gasteiger partial charge is 0.497 e. The number of hydrogen-bond acceptors (Lipinski definition) is 4. The lowest BCUT2D eigenvalue weighted by Gasteiger charge is -2.03. The summed E-state index contributed by atoms with van der Waals surface area (Å²) in [4.78, 5) is 0. The normalized spacial score (nSPS) is 18.5. The predicted octanol–water partition coefficient (Wildman–Crippen LogP) is 4.58. The molecule has 0 radical (unpaired) electrons. The fourth-order valence-corrected chi connectivity index (χ4v) is 2.71. The molecule has 0 amide bonds. The first-order valence-corrected chi connectivity index (χ1v) is 8.68. The summed E-state index contributed by atoms with van der Waals surface area (Å²) in [6.45, 7) is 1.88. The number of fused-ring (bicyclic) bond motifs is 1. The second-order valence-electron chi connectivity index (χ2n) is 6.17. The van der Waals surface area contributed by atoms with Gasteiger partial charge in [-0.1, -0.05) is 31.7 Å². The molecule has 2 aliphatic heterocycles. The Bertz CT molecular complexity index is 508. The van der Waals surface area contributed by atoms with Gasteiger partial charge in [0.2, 0.25) is 6.79 Å². The van der Waals surface area contributed by atoms with E-state index in [2.05, 4.69) is 6.08 Å². The molecule has 1 aromatic carbocycles. The third-order valence-electron chi connectivity index (χ3n) is 4.18. The summed E-state index contributed by atoms with van der Waals surface area (Å²) in [6.07, 6.45) is 13.4. The van der Waals surface area contributed by atoms with Crippen molar-refractivity contribution < 1.29 is 18.9 Å². The standard InChI is InChI=1S/C19H26O4/c1(2-4-6-8-17-14-21-17)3-5-7-11-20-13-16-9-10-18-19(12-16)23-15-22-18/h7,9-12,17H,1-6,8,13-15H2. The topological polar surface area (TPSA) is 40.2 Å². The van der Waals surface area contributed by atoms with E-state index in [1.54, 1.807) is 0 Å². The van der Waals surface area contributed by atoms with Gasteiger partial charge >= 0.3 is 0 Å². The Hall–Kier alpha value is -1.68. The van der Waals surface area contributed by atoms with Crippen molar-refractivity contribution in [1.29, 1.82) is 0 Å². The Labute approximate surface area is 138 Å². The van der Waals surface area contributed by atoms with Gasteiger partial charge in [0.15, 0.2) is 11.5 Å². The highest BCUT2D eigenvalue weighted by Gasteiger charge is 2.20. The molecule has 23 heavy (non-hydrogen) atoms. The molecule has 1 aromatic rings. The van der Waals surface area contributed by atoms with Crippen LogP contribution in [-0.4, -0.2) is 19.5 Å². The molecule has 0 saturated carbocycles. The summed E-state index contributed by atoms with van der Waals surface area (Å²) in [5, 5.41) is 0. The molecule has 1 unspecified atom stereocenters. The van der Waals surface area contributed by atoms with E-state index in [4.69, 9.17) is 18.9 Å². The van der Waals surface area contributed by atoms with E-state index in [0.717, 1.165) is 30.1 Å². The lowest BCUT2D eigenvalue weighted by atomic mass is 10.1. The van der Waals surface area contributed by atoms with E-state index in [-0.39, 0.29) is 0 Å². The summed E-state index contributed by atoms with van der Waals surface area (Å²) < 4.78 is 21.4. The van der Waals surface area contributed by atoms with Gasteiger partial charge in [0.1, 0.15) is 6.61 Å². The molecule has 4 nitrogen and oxygen atoms in total. The van der Waals surface area contributed by atoms with Gasteiger partial charge in [0, 0.05) is 0 Å². The monoisotopic (exact) mass is 318 g/mol. The van der Waals surface area contributed by atoms with Gasteiger partial charge < -0.3 is 18.9 Å². The highest BCUT2D eigenvalue weighted by molar-refractivity contribution is 5.44. The van der Waals surface area contributed by atoms with Gasteiger partial charge in [0.25, 0.3) is 0 Å². The second kappa shape index (κ2) is 8.82. The molecule has 0 aromatic heterocycles. The van der Waals surface area contributed by atoms with Crippen molar-refractivity contribution in [2.24, 2.45) is 0 Å². The van der Waals surface area contributed by atoms with Crippen LogP contribution in [0.4, 0.5) is 0 Å². The third kappa shape index (κ3) is 5.79. The molecule has 1 atom stereocenters. The highest BCUT2D eigenvalue weighted by Crippen LogP contribution is 2.32. The molecule has 0 bridgehead atoms. The van der Waals surface area contributed by atoms with Crippen molar-refractivity contribution in [3.8, 4) is 11.5 Å². The van der Waals surface area contributed by atoms with Gasteiger partial charge in [-0.05, 0) is 43.0 Å². The summed E-state index contributed by atoms with van der Waals surface area (Å²) in [5.41, 5.74) is 1.10. The first-order chi connectivity index (χ1) is 11.4. The average Bonchev–Trinajstić information content (AvgIpc) is 3.27. The minimum atomic E-state index is 0.313. The van der Waals surface area contributed by atoms with E-state index in [0.29, 0.717) is 19.5 Å². The summed E-state index contributed by atoms with van der Waals surface area (Å²) in [5.74, 6) is 1.62. The van der Waals surface area contributed by atoms with Crippen molar-refractivity contribution in [3.05, 3.63) is 36.1 Å². The lowest BCUT2D eigenvalue weighted by Crippen LogP contribution is -1.93. The van der Waals surface area contributed by atoms with Crippen molar-refractivity contribution in [1.82, 2.24) is 0 Å². The molecule has 126 valence electrons. The van der Waals surface area contributed by atoms with Gasteiger partial charge in [-0.15, -0.1) is 0 Å². The first-order valence-electron chi connectivity index (χ1n) is 8.68. The van der Waals surface area contributed by atoms with Crippen LogP contribution in [0.3, 0.4) is 0 Å². The molecule has 1 fully saturated rings. The van der Waals surface area contributed by atoms with Crippen molar-refractivity contribution in [3.63, 3.8) is 0 Å². The van der Waals surface area contributed by atoms with Crippen LogP contribution in [-0.2, 0) is 16.1 Å².